The molecule has 0 aromatic heterocycles. The van der Waals surface area contributed by atoms with Crippen molar-refractivity contribution in [1.82, 2.24) is 0 Å². The molecule has 2 rings (SSSR count). The highest BCUT2D eigenvalue weighted by atomic mass is 16.6. The number of hydrogen-bond donors (Lipinski definition) is 0. The molecule has 0 spiro atoms. The minimum atomic E-state index is -0.269. The lowest BCUT2D eigenvalue weighted by Gasteiger charge is -2.19. The van der Waals surface area contributed by atoms with Crippen LogP contribution in [0.25, 0.3) is 11.1 Å². The summed E-state index contributed by atoms with van der Waals surface area (Å²) in [5.41, 5.74) is 2.26. The van der Waals surface area contributed by atoms with E-state index in [0.29, 0.717) is 12.5 Å². The van der Waals surface area contributed by atoms with Gasteiger partial charge in [0.05, 0.1) is 6.61 Å². The second-order valence-electron chi connectivity index (χ2n) is 8.84. The molecule has 4 nitrogen and oxygen atoms in total. The summed E-state index contributed by atoms with van der Waals surface area (Å²) in [5.74, 6) is 1.86. The van der Waals surface area contributed by atoms with E-state index in [9.17, 15) is 4.79 Å². The van der Waals surface area contributed by atoms with Gasteiger partial charge in [-0.2, -0.15) is 0 Å². The molecule has 32 heavy (non-hydrogen) atoms. The largest absolute Gasteiger partial charge is 0.494 e. The number of carbonyl (C=O) groups excluding carboxylic acids is 1. The zero-order valence-electron chi connectivity index (χ0n) is 20.3. The molecule has 4 heteroatoms. The first-order valence-corrected chi connectivity index (χ1v) is 12.1. The van der Waals surface area contributed by atoms with Crippen molar-refractivity contribution in [2.75, 3.05) is 13.2 Å². The number of rotatable bonds is 15. The molecule has 1 atom stereocenters. The van der Waals surface area contributed by atoms with Crippen LogP contribution in [0.3, 0.4) is 0 Å². The van der Waals surface area contributed by atoms with Crippen molar-refractivity contribution in [2.45, 2.75) is 78.7 Å². The fourth-order valence-electron chi connectivity index (χ4n) is 3.66. The number of unbranched alkanes of at least 4 members (excludes halogenated alkanes) is 5. The Morgan fingerprint density at radius 3 is 1.84 bits per heavy atom. The smallest absolute Gasteiger partial charge is 0.303 e. The highest BCUT2D eigenvalue weighted by Crippen LogP contribution is 2.25. The predicted molar refractivity (Wildman–Crippen MR) is 131 cm³/mol. The van der Waals surface area contributed by atoms with E-state index in [2.05, 4.69) is 32.9 Å². The van der Waals surface area contributed by atoms with Crippen molar-refractivity contribution in [2.24, 2.45) is 5.92 Å². The zero-order valence-corrected chi connectivity index (χ0v) is 20.3. The van der Waals surface area contributed by atoms with Gasteiger partial charge in [-0.1, -0.05) is 77.1 Å². The van der Waals surface area contributed by atoms with Crippen LogP contribution in [0.1, 0.15) is 72.6 Å². The number of benzene rings is 2. The number of esters is 1. The molecule has 0 aliphatic rings. The lowest BCUT2D eigenvalue weighted by molar-refractivity contribution is -0.148. The van der Waals surface area contributed by atoms with Crippen molar-refractivity contribution in [3.05, 3.63) is 48.5 Å². The third kappa shape index (κ3) is 10.2. The maximum Gasteiger partial charge on any atom is 0.303 e. The Balaban J connectivity index is 1.80. The van der Waals surface area contributed by atoms with Crippen molar-refractivity contribution >= 4 is 5.97 Å². The summed E-state index contributed by atoms with van der Waals surface area (Å²) in [4.78, 5) is 11.3. The molecule has 2 aromatic carbocycles. The first-order valence-electron chi connectivity index (χ1n) is 12.1. The molecule has 0 aliphatic heterocycles. The maximum atomic E-state index is 11.3. The van der Waals surface area contributed by atoms with E-state index in [1.165, 1.54) is 39.0 Å². The molecule has 0 fully saturated rings. The quantitative estimate of drug-likeness (QED) is 0.213. The van der Waals surface area contributed by atoms with Crippen LogP contribution in [0.2, 0.25) is 0 Å². The van der Waals surface area contributed by atoms with Gasteiger partial charge in [0.15, 0.2) is 0 Å². The van der Waals surface area contributed by atoms with Crippen LogP contribution in [-0.4, -0.2) is 25.3 Å². The normalized spacial score (nSPS) is 11.9. The molecule has 0 N–H and O–H groups in total. The zero-order chi connectivity index (χ0) is 23.2. The molecule has 0 amide bonds. The van der Waals surface area contributed by atoms with E-state index < -0.39 is 0 Å². The predicted octanol–water partition coefficient (Wildman–Crippen LogP) is 7.45. The molecule has 1 unspecified atom stereocenters. The summed E-state index contributed by atoms with van der Waals surface area (Å²) in [6.07, 6.45) is 8.17. The fraction of sp³-hybridized carbons (Fsp3) is 0.536. The molecule has 176 valence electrons. The van der Waals surface area contributed by atoms with Gasteiger partial charge in [-0.05, 0) is 54.2 Å². The molecule has 0 heterocycles. The molecule has 0 radical (unpaired) electrons. The van der Waals surface area contributed by atoms with Crippen molar-refractivity contribution in [1.29, 1.82) is 0 Å². The molecular weight excluding hydrogens is 400 g/mol. The summed E-state index contributed by atoms with van der Waals surface area (Å²) in [5, 5.41) is 0. The van der Waals surface area contributed by atoms with Crippen LogP contribution < -0.4 is 9.47 Å². The van der Waals surface area contributed by atoms with Crippen LogP contribution in [0.4, 0.5) is 0 Å². The van der Waals surface area contributed by atoms with Gasteiger partial charge >= 0.3 is 5.97 Å². The topological polar surface area (TPSA) is 44.8 Å². The molecular formula is C28H40O4. The number of carbonyl (C=O) groups is 1. The van der Waals surface area contributed by atoms with Crippen LogP contribution in [0.15, 0.2) is 48.5 Å². The SMILES string of the molecule is CCCCCCCCOc1ccc(-c2ccc(OCC(CC(C)C)OC(C)=O)cc2)cc1. The highest BCUT2D eigenvalue weighted by Gasteiger charge is 2.15. The van der Waals surface area contributed by atoms with Crippen LogP contribution in [0.5, 0.6) is 11.5 Å². The Labute approximate surface area is 194 Å². The first kappa shape index (κ1) is 25.8. The van der Waals surface area contributed by atoms with Crippen LogP contribution in [-0.2, 0) is 9.53 Å². The second kappa shape index (κ2) is 14.5. The van der Waals surface area contributed by atoms with Crippen LogP contribution in [0, 0.1) is 5.92 Å². The summed E-state index contributed by atoms with van der Waals surface area (Å²) >= 11 is 0. The summed E-state index contributed by atoms with van der Waals surface area (Å²) in [6.45, 7) is 9.04. The van der Waals surface area contributed by atoms with E-state index in [1.54, 1.807) is 0 Å². The summed E-state index contributed by atoms with van der Waals surface area (Å²) in [7, 11) is 0. The van der Waals surface area contributed by atoms with Gasteiger partial charge in [-0.25, -0.2) is 0 Å². The second-order valence-corrected chi connectivity index (χ2v) is 8.84. The maximum absolute atomic E-state index is 11.3. The van der Waals surface area contributed by atoms with Gasteiger partial charge in [-0.15, -0.1) is 0 Å². The number of hydrogen-bond acceptors (Lipinski definition) is 4. The van der Waals surface area contributed by atoms with E-state index >= 15 is 0 Å². The van der Waals surface area contributed by atoms with E-state index in [4.69, 9.17) is 14.2 Å². The molecule has 2 aromatic rings. The van der Waals surface area contributed by atoms with Crippen molar-refractivity contribution in [3.8, 4) is 22.6 Å². The van der Waals surface area contributed by atoms with Gasteiger partial charge in [0.25, 0.3) is 0 Å². The van der Waals surface area contributed by atoms with Gasteiger partial charge in [0.1, 0.15) is 24.2 Å². The Morgan fingerprint density at radius 2 is 1.31 bits per heavy atom. The van der Waals surface area contributed by atoms with E-state index in [-0.39, 0.29) is 12.1 Å². The van der Waals surface area contributed by atoms with E-state index in [1.807, 2.05) is 36.4 Å². The lowest BCUT2D eigenvalue weighted by Crippen LogP contribution is -2.25. The highest BCUT2D eigenvalue weighted by molar-refractivity contribution is 5.66. The van der Waals surface area contributed by atoms with Crippen molar-refractivity contribution < 1.29 is 19.0 Å². The van der Waals surface area contributed by atoms with Gasteiger partial charge in [0.2, 0.25) is 0 Å². The average Bonchev–Trinajstić information content (AvgIpc) is 2.77. The minimum Gasteiger partial charge on any atom is -0.494 e. The van der Waals surface area contributed by atoms with Crippen molar-refractivity contribution in [3.63, 3.8) is 0 Å². The Bertz CT molecular complexity index is 765. The Hall–Kier alpha value is -2.49. The monoisotopic (exact) mass is 440 g/mol. The van der Waals surface area contributed by atoms with Gasteiger partial charge in [-0.3, -0.25) is 4.79 Å². The Morgan fingerprint density at radius 1 is 0.781 bits per heavy atom. The standard InChI is InChI=1S/C28H40O4/c1-5-6-7-8-9-10-19-30-26-15-11-24(12-16-26)25-13-17-27(18-14-25)31-21-28(20-22(2)3)32-23(4)29/h11-18,22,28H,5-10,19-21H2,1-4H3. The van der Waals surface area contributed by atoms with Crippen LogP contribution >= 0.6 is 0 Å². The molecule has 0 aliphatic carbocycles. The molecule has 0 saturated heterocycles. The third-order valence-electron chi connectivity index (χ3n) is 5.31. The summed E-state index contributed by atoms with van der Waals surface area (Å²) < 4.78 is 17.1. The van der Waals surface area contributed by atoms with E-state index in [0.717, 1.165) is 42.1 Å². The lowest BCUT2D eigenvalue weighted by atomic mass is 10.1. The summed E-state index contributed by atoms with van der Waals surface area (Å²) in [6, 6.07) is 16.3. The molecule has 0 saturated carbocycles. The average molecular weight is 441 g/mol. The third-order valence-corrected chi connectivity index (χ3v) is 5.31. The fourth-order valence-corrected chi connectivity index (χ4v) is 3.66. The minimum absolute atomic E-state index is 0.226. The number of ether oxygens (including phenoxy) is 3. The van der Waals surface area contributed by atoms with Gasteiger partial charge in [0, 0.05) is 6.92 Å². The first-order chi connectivity index (χ1) is 15.5. The Kier molecular flexibility index (Phi) is 11.7. The molecule has 0 bridgehead atoms. The van der Waals surface area contributed by atoms with Gasteiger partial charge < -0.3 is 14.2 Å².